The van der Waals surface area contributed by atoms with Gasteiger partial charge in [0.15, 0.2) is 0 Å². The summed E-state index contributed by atoms with van der Waals surface area (Å²) in [5, 5.41) is 11.3. The molecule has 1 fully saturated rings. The highest BCUT2D eigenvalue weighted by molar-refractivity contribution is 6.47. The number of likely N-dealkylation sites (tertiary alicyclic amines) is 1. The molecule has 2 aromatic rings. The maximum atomic E-state index is 12.9. The maximum absolute atomic E-state index is 12.9. The van der Waals surface area contributed by atoms with Crippen molar-refractivity contribution in [3.8, 4) is 11.5 Å². The van der Waals surface area contributed by atoms with Crippen LogP contribution in [0.25, 0.3) is 5.76 Å². The van der Waals surface area contributed by atoms with Crippen molar-refractivity contribution in [3.63, 3.8) is 0 Å². The molecule has 0 aromatic heterocycles. The second-order valence-corrected chi connectivity index (χ2v) is 7.25. The van der Waals surface area contributed by atoms with Gasteiger partial charge < -0.3 is 19.5 Å². The number of hydrogen-bond donors (Lipinski definition) is 1. The average Bonchev–Trinajstić information content (AvgIpc) is 3.00. The van der Waals surface area contributed by atoms with Gasteiger partial charge in [-0.2, -0.15) is 0 Å². The van der Waals surface area contributed by atoms with Crippen molar-refractivity contribution < 1.29 is 24.2 Å². The fraction of sp³-hybridized carbons (Fsp3) is 0.304. The number of ketones is 1. The van der Waals surface area contributed by atoms with Crippen molar-refractivity contribution >= 4 is 29.1 Å². The number of aliphatic hydroxyl groups is 1. The van der Waals surface area contributed by atoms with Crippen LogP contribution in [-0.4, -0.2) is 42.0 Å². The number of Topliss-reactive ketones (excluding diaryl/α,β-unsaturated/α-hetero) is 1. The molecule has 1 aliphatic heterocycles. The van der Waals surface area contributed by atoms with Crippen LogP contribution >= 0.6 is 11.6 Å². The van der Waals surface area contributed by atoms with Gasteiger partial charge in [-0.05, 0) is 49.2 Å². The molecule has 0 bridgehead atoms. The van der Waals surface area contributed by atoms with Gasteiger partial charge in [0.25, 0.3) is 11.7 Å². The Hall–Kier alpha value is -2.99. The molecular formula is C23H24ClNO5. The predicted octanol–water partition coefficient (Wildman–Crippen LogP) is 4.58. The number of carbonyl (C=O) groups excluding carboxylic acids is 2. The van der Waals surface area contributed by atoms with E-state index >= 15 is 0 Å². The minimum absolute atomic E-state index is 0.00719. The molecule has 1 amide bonds. The molecule has 0 saturated carbocycles. The van der Waals surface area contributed by atoms with E-state index in [2.05, 4.69) is 0 Å². The van der Waals surface area contributed by atoms with Gasteiger partial charge >= 0.3 is 0 Å². The third-order valence-electron chi connectivity index (χ3n) is 4.94. The fourth-order valence-corrected chi connectivity index (χ4v) is 3.78. The quantitative estimate of drug-likeness (QED) is 0.396. The van der Waals surface area contributed by atoms with E-state index in [1.54, 1.807) is 42.5 Å². The fourth-order valence-electron chi connectivity index (χ4n) is 3.57. The van der Waals surface area contributed by atoms with E-state index in [-0.39, 0.29) is 21.9 Å². The van der Waals surface area contributed by atoms with E-state index in [0.717, 1.165) is 0 Å². The number of halogens is 1. The highest BCUT2D eigenvalue weighted by Gasteiger charge is 2.45. The number of nitrogens with zero attached hydrogens (tertiary/aromatic N) is 1. The lowest BCUT2D eigenvalue weighted by Gasteiger charge is -2.25. The zero-order valence-electron chi connectivity index (χ0n) is 17.1. The molecule has 1 atom stereocenters. The van der Waals surface area contributed by atoms with E-state index < -0.39 is 17.7 Å². The monoisotopic (exact) mass is 429 g/mol. The number of amides is 1. The first-order valence-electron chi connectivity index (χ1n) is 9.78. The molecule has 6 nitrogen and oxygen atoms in total. The summed E-state index contributed by atoms with van der Waals surface area (Å²) >= 11 is 6.28. The standard InChI is InChI=1S/C23H24ClNO5/c1-4-12-25-20(14-6-8-15(9-7-14)30-5-2)19(22(27)23(25)28)21(26)17-13-16(29-3)10-11-18(17)24/h6-11,13,20,26H,4-5,12H2,1-3H3/b21-19+. The van der Waals surface area contributed by atoms with Gasteiger partial charge in [0.2, 0.25) is 0 Å². The summed E-state index contributed by atoms with van der Waals surface area (Å²) in [6.45, 7) is 4.72. The molecule has 1 saturated heterocycles. The average molecular weight is 430 g/mol. The SMILES string of the molecule is CCCN1C(=O)C(=O)/C(=C(/O)c2cc(OC)ccc2Cl)C1c1ccc(OCC)cc1. The number of aliphatic hydroxyl groups excluding tert-OH is 1. The second kappa shape index (κ2) is 9.22. The summed E-state index contributed by atoms with van der Waals surface area (Å²) in [5.74, 6) is -0.546. The number of rotatable bonds is 7. The zero-order valence-corrected chi connectivity index (χ0v) is 17.9. The van der Waals surface area contributed by atoms with Crippen LogP contribution in [0.4, 0.5) is 0 Å². The van der Waals surface area contributed by atoms with E-state index in [1.807, 2.05) is 13.8 Å². The minimum Gasteiger partial charge on any atom is -0.507 e. The highest BCUT2D eigenvalue weighted by Crippen LogP contribution is 2.41. The molecule has 1 heterocycles. The lowest BCUT2D eigenvalue weighted by atomic mass is 9.95. The van der Waals surface area contributed by atoms with Gasteiger partial charge in [-0.3, -0.25) is 9.59 Å². The normalized spacial score (nSPS) is 18.0. The Morgan fingerprint density at radius 3 is 2.37 bits per heavy atom. The molecule has 0 radical (unpaired) electrons. The lowest BCUT2D eigenvalue weighted by Crippen LogP contribution is -2.30. The summed E-state index contributed by atoms with van der Waals surface area (Å²) in [6.07, 6.45) is 0.667. The summed E-state index contributed by atoms with van der Waals surface area (Å²) in [4.78, 5) is 27.2. The van der Waals surface area contributed by atoms with Crippen molar-refractivity contribution in [1.29, 1.82) is 0 Å². The predicted molar refractivity (Wildman–Crippen MR) is 115 cm³/mol. The van der Waals surface area contributed by atoms with E-state index in [0.29, 0.717) is 36.6 Å². The summed E-state index contributed by atoms with van der Waals surface area (Å²) in [6, 6.07) is 11.2. The molecule has 1 unspecified atom stereocenters. The Balaban J connectivity index is 2.17. The molecule has 3 rings (SSSR count). The maximum Gasteiger partial charge on any atom is 0.295 e. The van der Waals surface area contributed by atoms with Crippen LogP contribution in [0.15, 0.2) is 48.0 Å². The Bertz CT molecular complexity index is 984. The van der Waals surface area contributed by atoms with Gasteiger partial charge in [-0.1, -0.05) is 30.7 Å². The largest absolute Gasteiger partial charge is 0.507 e. The number of benzene rings is 2. The first kappa shape index (κ1) is 21.7. The van der Waals surface area contributed by atoms with Crippen LogP contribution in [0.3, 0.4) is 0 Å². The third kappa shape index (κ3) is 4.00. The van der Waals surface area contributed by atoms with Crippen LogP contribution in [-0.2, 0) is 9.59 Å². The topological polar surface area (TPSA) is 76.1 Å². The second-order valence-electron chi connectivity index (χ2n) is 6.84. The Morgan fingerprint density at radius 1 is 1.10 bits per heavy atom. The molecule has 0 aliphatic carbocycles. The van der Waals surface area contributed by atoms with Crippen molar-refractivity contribution in [3.05, 3.63) is 64.2 Å². The Morgan fingerprint density at radius 2 is 1.77 bits per heavy atom. The van der Waals surface area contributed by atoms with Crippen LogP contribution in [0.5, 0.6) is 11.5 Å². The van der Waals surface area contributed by atoms with Crippen LogP contribution in [0.2, 0.25) is 5.02 Å². The molecule has 158 valence electrons. The smallest absolute Gasteiger partial charge is 0.295 e. The number of hydrogen-bond acceptors (Lipinski definition) is 5. The number of methoxy groups -OCH3 is 1. The van der Waals surface area contributed by atoms with E-state index in [1.165, 1.54) is 12.0 Å². The van der Waals surface area contributed by atoms with Crippen LogP contribution < -0.4 is 9.47 Å². The van der Waals surface area contributed by atoms with Crippen LogP contribution in [0.1, 0.15) is 37.4 Å². The highest BCUT2D eigenvalue weighted by atomic mass is 35.5. The van der Waals surface area contributed by atoms with E-state index in [9.17, 15) is 14.7 Å². The molecular weight excluding hydrogens is 406 g/mol. The summed E-state index contributed by atoms with van der Waals surface area (Å²) in [5.41, 5.74) is 0.945. The third-order valence-corrected chi connectivity index (χ3v) is 5.27. The molecule has 1 aliphatic rings. The number of carbonyl (C=O) groups is 2. The summed E-state index contributed by atoms with van der Waals surface area (Å²) in [7, 11) is 1.49. The lowest BCUT2D eigenvalue weighted by molar-refractivity contribution is -0.139. The zero-order chi connectivity index (χ0) is 21.8. The van der Waals surface area contributed by atoms with Gasteiger partial charge in [-0.15, -0.1) is 0 Å². The van der Waals surface area contributed by atoms with Crippen molar-refractivity contribution in [2.75, 3.05) is 20.3 Å². The first-order chi connectivity index (χ1) is 14.4. The van der Waals surface area contributed by atoms with Crippen LogP contribution in [0, 0.1) is 0 Å². The molecule has 30 heavy (non-hydrogen) atoms. The van der Waals surface area contributed by atoms with Gasteiger partial charge in [0.1, 0.15) is 17.3 Å². The summed E-state index contributed by atoms with van der Waals surface area (Å²) < 4.78 is 10.7. The first-order valence-corrected chi connectivity index (χ1v) is 10.2. The molecule has 2 aromatic carbocycles. The number of ether oxygens (including phenoxy) is 2. The van der Waals surface area contributed by atoms with Gasteiger partial charge in [-0.25, -0.2) is 0 Å². The van der Waals surface area contributed by atoms with E-state index in [4.69, 9.17) is 21.1 Å². The Kier molecular flexibility index (Phi) is 6.67. The molecule has 0 spiro atoms. The minimum atomic E-state index is -0.737. The van der Waals surface area contributed by atoms with Crippen molar-refractivity contribution in [2.24, 2.45) is 0 Å². The van der Waals surface area contributed by atoms with Gasteiger partial charge in [0, 0.05) is 12.1 Å². The molecule has 1 N–H and O–H groups in total. The van der Waals surface area contributed by atoms with Crippen molar-refractivity contribution in [1.82, 2.24) is 4.90 Å². The molecule has 7 heteroatoms. The Labute approximate surface area is 180 Å². The van der Waals surface area contributed by atoms with Gasteiger partial charge in [0.05, 0.1) is 30.4 Å². The van der Waals surface area contributed by atoms with Crippen molar-refractivity contribution in [2.45, 2.75) is 26.3 Å².